The molecule has 246 valence electrons. The van der Waals surface area contributed by atoms with Gasteiger partial charge in [-0.3, -0.25) is 0 Å². The number of nitrogens with two attached hydrogens (primary N) is 1. The molecule has 2 atom stereocenters. The summed E-state index contributed by atoms with van der Waals surface area (Å²) in [6.07, 6.45) is 2.92. The number of methoxy groups -OCH3 is 1. The molecule has 3 aromatic rings. The van der Waals surface area contributed by atoms with Crippen LogP contribution in [-0.2, 0) is 38.3 Å². The lowest BCUT2D eigenvalue weighted by Gasteiger charge is -2.30. The molecule has 46 heavy (non-hydrogen) atoms. The number of anilines is 2. The molecule has 0 saturated carbocycles. The summed E-state index contributed by atoms with van der Waals surface area (Å²) in [5, 5.41) is 3.04. The number of ether oxygens (including phenoxy) is 2. The van der Waals surface area contributed by atoms with Gasteiger partial charge in [0, 0.05) is 32.2 Å². The Kier molecular flexibility index (Phi) is 9.21. The first-order valence-electron chi connectivity index (χ1n) is 15.4. The maximum absolute atomic E-state index is 14.4. The lowest BCUT2D eigenvalue weighted by molar-refractivity contribution is -0.137. The Morgan fingerprint density at radius 3 is 2.59 bits per heavy atom. The number of alkyl halides is 2. The van der Waals surface area contributed by atoms with E-state index in [0.29, 0.717) is 53.1 Å². The second-order valence-electron chi connectivity index (χ2n) is 12.2. The number of aryl methyl sites for hydroxylation is 1. The number of fused-ring (bicyclic) bond motifs is 2. The van der Waals surface area contributed by atoms with E-state index >= 15 is 0 Å². The van der Waals surface area contributed by atoms with Gasteiger partial charge in [-0.25, -0.2) is 22.0 Å². The van der Waals surface area contributed by atoms with Gasteiger partial charge in [0.2, 0.25) is 10.0 Å². The van der Waals surface area contributed by atoms with E-state index in [2.05, 4.69) is 5.32 Å². The van der Waals surface area contributed by atoms with Crippen LogP contribution in [0.25, 0.3) is 5.57 Å². The van der Waals surface area contributed by atoms with Crippen molar-refractivity contribution in [3.05, 3.63) is 87.5 Å². The van der Waals surface area contributed by atoms with Crippen LogP contribution in [0.5, 0.6) is 5.75 Å². The largest absolute Gasteiger partial charge is 0.494 e. The van der Waals surface area contributed by atoms with Gasteiger partial charge in [-0.1, -0.05) is 31.2 Å². The lowest BCUT2D eigenvalue weighted by atomic mass is 9.89. The molecular formula is C35H41F2N3O5S. The van der Waals surface area contributed by atoms with Crippen LogP contribution in [0, 0.1) is 12.8 Å². The number of esters is 1. The number of sulfonamides is 1. The minimum absolute atomic E-state index is 0.0445. The SMILES string of the molecule is CCOC(=O)/C=C(/c1cc(N)c(NC)c(OC)c1)c1ccc(C)c2c1CCC2N1C[C@@H](C)Cc2ccc(C(C)(F)F)cc2S1(=O)=O. The lowest BCUT2D eigenvalue weighted by Crippen LogP contribution is -2.36. The van der Waals surface area contributed by atoms with E-state index in [4.69, 9.17) is 15.2 Å². The van der Waals surface area contributed by atoms with E-state index < -0.39 is 28.0 Å². The predicted molar refractivity (Wildman–Crippen MR) is 176 cm³/mol. The fourth-order valence-electron chi connectivity index (χ4n) is 6.82. The molecule has 1 unspecified atom stereocenters. The number of benzene rings is 3. The average molecular weight is 654 g/mol. The number of nitrogens with zero attached hydrogens (tertiary/aromatic N) is 1. The average Bonchev–Trinajstić information content (AvgIpc) is 3.40. The fraction of sp³-hybridized carbons (Fsp3) is 0.400. The Labute approximate surface area is 269 Å². The molecule has 1 heterocycles. The van der Waals surface area contributed by atoms with Gasteiger partial charge in [-0.2, -0.15) is 4.31 Å². The molecule has 0 amide bonds. The molecule has 5 rings (SSSR count). The summed E-state index contributed by atoms with van der Waals surface area (Å²) in [6.45, 7) is 6.86. The van der Waals surface area contributed by atoms with Crippen molar-refractivity contribution in [3.8, 4) is 5.75 Å². The molecule has 11 heteroatoms. The van der Waals surface area contributed by atoms with Gasteiger partial charge in [0.05, 0.1) is 36.0 Å². The van der Waals surface area contributed by atoms with E-state index in [9.17, 15) is 22.0 Å². The first kappa shape index (κ1) is 33.4. The van der Waals surface area contributed by atoms with E-state index in [0.717, 1.165) is 35.2 Å². The van der Waals surface area contributed by atoms with Crippen molar-refractivity contribution in [1.82, 2.24) is 4.31 Å². The number of hydrogen-bond acceptors (Lipinski definition) is 7. The summed E-state index contributed by atoms with van der Waals surface area (Å²) < 4.78 is 69.8. The molecule has 0 fully saturated rings. The third-order valence-corrected chi connectivity index (χ3v) is 10.9. The number of halogens is 2. The fourth-order valence-corrected chi connectivity index (χ4v) is 8.83. The topological polar surface area (TPSA) is 111 Å². The van der Waals surface area contributed by atoms with E-state index in [-0.39, 0.29) is 29.5 Å². The third kappa shape index (κ3) is 6.10. The maximum Gasteiger partial charge on any atom is 0.331 e. The highest BCUT2D eigenvalue weighted by Gasteiger charge is 2.42. The standard InChI is InChI=1S/C35H41F2N3O5S/c1-7-45-32(41)18-27(23-15-28(38)34(39-5)30(16-23)44-6)25-11-8-21(3)33-26(25)12-13-29(33)40-19-20(2)14-22-9-10-24(35(4,36)37)17-31(22)46(40,42)43/h8-11,15-18,20,29,39H,7,12-14,19,38H2,1-6H3/b27-18-/t20-,29?/m0/s1. The van der Waals surface area contributed by atoms with Crippen LogP contribution in [0.2, 0.25) is 0 Å². The van der Waals surface area contributed by atoms with Crippen molar-refractivity contribution in [1.29, 1.82) is 0 Å². The van der Waals surface area contributed by atoms with Crippen LogP contribution < -0.4 is 15.8 Å². The molecule has 3 aromatic carbocycles. The highest BCUT2D eigenvalue weighted by Crippen LogP contribution is 2.47. The zero-order chi connectivity index (χ0) is 33.6. The highest BCUT2D eigenvalue weighted by molar-refractivity contribution is 7.89. The summed E-state index contributed by atoms with van der Waals surface area (Å²) in [5.41, 5.74) is 12.3. The monoisotopic (exact) mass is 653 g/mol. The minimum atomic E-state index is -4.14. The molecule has 8 nitrogen and oxygen atoms in total. The van der Waals surface area contributed by atoms with Crippen molar-refractivity contribution < 1.29 is 31.5 Å². The van der Waals surface area contributed by atoms with Crippen LogP contribution in [0.3, 0.4) is 0 Å². The molecule has 0 aromatic heterocycles. The van der Waals surface area contributed by atoms with Gasteiger partial charge < -0.3 is 20.5 Å². The van der Waals surface area contributed by atoms with E-state index in [1.54, 1.807) is 26.1 Å². The summed E-state index contributed by atoms with van der Waals surface area (Å²) in [4.78, 5) is 12.8. The van der Waals surface area contributed by atoms with Gasteiger partial charge in [0.25, 0.3) is 5.92 Å². The number of nitrogens with one attached hydrogen (secondary N) is 1. The zero-order valence-electron chi connectivity index (χ0n) is 27.0. The van der Waals surface area contributed by atoms with Crippen LogP contribution in [0.15, 0.2) is 53.4 Å². The highest BCUT2D eigenvalue weighted by atomic mass is 32.2. The van der Waals surface area contributed by atoms with Crippen LogP contribution in [0.4, 0.5) is 20.2 Å². The number of carbonyl (C=O) groups is 1. The number of hydrogen-bond donors (Lipinski definition) is 2. The smallest absolute Gasteiger partial charge is 0.331 e. The number of nitrogen functional groups attached to an aromatic ring is 1. The van der Waals surface area contributed by atoms with Crippen molar-refractivity contribution >= 4 is 32.9 Å². The predicted octanol–water partition coefficient (Wildman–Crippen LogP) is 6.60. The molecular weight excluding hydrogens is 612 g/mol. The molecule has 0 spiro atoms. The van der Waals surface area contributed by atoms with E-state index in [1.807, 2.05) is 26.0 Å². The second kappa shape index (κ2) is 12.7. The van der Waals surface area contributed by atoms with E-state index in [1.165, 1.54) is 29.6 Å². The molecule has 0 radical (unpaired) electrons. The Hall–Kier alpha value is -3.96. The quantitative estimate of drug-likeness (QED) is 0.160. The molecule has 1 aliphatic carbocycles. The number of carbonyl (C=O) groups excluding carboxylic acids is 1. The van der Waals surface area contributed by atoms with Gasteiger partial charge in [-0.15, -0.1) is 0 Å². The molecule has 0 saturated heterocycles. The molecule has 2 aliphatic rings. The van der Waals surface area contributed by atoms with Crippen molar-refractivity contribution in [2.24, 2.45) is 5.92 Å². The molecule has 0 bridgehead atoms. The van der Waals surface area contributed by atoms with Gasteiger partial charge >= 0.3 is 5.97 Å². The summed E-state index contributed by atoms with van der Waals surface area (Å²) in [6, 6.07) is 10.9. The normalized spacial score (nSPS) is 19.6. The Morgan fingerprint density at radius 2 is 1.93 bits per heavy atom. The molecule has 1 aliphatic heterocycles. The van der Waals surface area contributed by atoms with Crippen LogP contribution in [-0.4, -0.2) is 46.0 Å². The van der Waals surface area contributed by atoms with Crippen molar-refractivity contribution in [2.45, 2.75) is 63.8 Å². The van der Waals surface area contributed by atoms with Crippen molar-refractivity contribution in [3.63, 3.8) is 0 Å². The zero-order valence-corrected chi connectivity index (χ0v) is 27.9. The van der Waals surface area contributed by atoms with Gasteiger partial charge in [0.15, 0.2) is 0 Å². The van der Waals surface area contributed by atoms with Crippen LogP contribution >= 0.6 is 0 Å². The van der Waals surface area contributed by atoms with Crippen molar-refractivity contribution in [2.75, 3.05) is 38.4 Å². The first-order valence-corrected chi connectivity index (χ1v) is 16.8. The summed E-state index contributed by atoms with van der Waals surface area (Å²) >= 11 is 0. The molecule has 3 N–H and O–H groups in total. The maximum atomic E-state index is 14.4. The van der Waals surface area contributed by atoms with Gasteiger partial charge in [0.1, 0.15) is 5.75 Å². The second-order valence-corrected chi connectivity index (χ2v) is 14.0. The summed E-state index contributed by atoms with van der Waals surface area (Å²) in [5.74, 6) is -3.26. The van der Waals surface area contributed by atoms with Gasteiger partial charge in [-0.05, 0) is 96.2 Å². The Bertz CT molecular complexity index is 1820. The Balaban J connectivity index is 1.67. The first-order chi connectivity index (χ1) is 21.7. The number of rotatable bonds is 8. The Morgan fingerprint density at radius 1 is 1.20 bits per heavy atom. The third-order valence-electron chi connectivity index (χ3n) is 8.90. The van der Waals surface area contributed by atoms with Crippen LogP contribution in [0.1, 0.15) is 72.2 Å². The summed E-state index contributed by atoms with van der Waals surface area (Å²) in [7, 11) is -0.868. The minimum Gasteiger partial charge on any atom is -0.494 e.